The van der Waals surface area contributed by atoms with Crippen LogP contribution in [0.1, 0.15) is 18.1 Å². The molecule has 0 radical (unpaired) electrons. The number of nitrogens with zero attached hydrogens (tertiary/aromatic N) is 1. The smallest absolute Gasteiger partial charge is 0.449 e. The summed E-state index contributed by atoms with van der Waals surface area (Å²) in [6.07, 6.45) is -1.28. The molecule has 0 fully saturated rings. The van der Waals surface area contributed by atoms with E-state index in [1.165, 1.54) is 0 Å². The van der Waals surface area contributed by atoms with E-state index >= 15 is 0 Å². The average Bonchev–Trinajstić information content (AvgIpc) is 2.67. The Hall–Kier alpha value is -2.04. The molecule has 1 aliphatic rings. The van der Waals surface area contributed by atoms with Gasteiger partial charge in [0, 0.05) is 0 Å². The van der Waals surface area contributed by atoms with Crippen LogP contribution in [0.4, 0.5) is 4.79 Å². The fraction of sp³-hybridized carbons (Fsp3) is 0.200. The van der Waals surface area contributed by atoms with Crippen LogP contribution in [-0.2, 0) is 9.57 Å². The molecule has 1 heterocycles. The number of oxime groups is 1. The summed E-state index contributed by atoms with van der Waals surface area (Å²) in [6, 6.07) is 9.45. The van der Waals surface area contributed by atoms with Gasteiger partial charge in [-0.15, -0.1) is 0 Å². The Morgan fingerprint density at radius 3 is 2.87 bits per heavy atom. The standard InChI is InChI=1S/C10H9NO4/c12-10(13)14-9-6-8(15-11-9)7-4-2-1-3-5-7/h1-5,8H,6H2,(H,12,13). The second kappa shape index (κ2) is 4.00. The molecule has 2 rings (SSSR count). The minimum Gasteiger partial charge on any atom is -0.449 e. The van der Waals surface area contributed by atoms with E-state index in [0.717, 1.165) is 5.56 Å². The van der Waals surface area contributed by atoms with Crippen LogP contribution in [0.2, 0.25) is 0 Å². The van der Waals surface area contributed by atoms with Crippen molar-refractivity contribution in [1.29, 1.82) is 0 Å². The molecular weight excluding hydrogens is 198 g/mol. The highest BCUT2D eigenvalue weighted by atomic mass is 16.7. The van der Waals surface area contributed by atoms with Crippen LogP contribution in [0.25, 0.3) is 0 Å². The normalized spacial score (nSPS) is 19.2. The number of benzene rings is 1. The van der Waals surface area contributed by atoms with E-state index < -0.39 is 6.16 Å². The predicted octanol–water partition coefficient (Wildman–Crippen LogP) is 2.16. The molecule has 0 amide bonds. The van der Waals surface area contributed by atoms with Crippen molar-refractivity contribution in [3.8, 4) is 0 Å². The number of rotatable bonds is 1. The van der Waals surface area contributed by atoms with Crippen molar-refractivity contribution in [2.24, 2.45) is 5.16 Å². The first-order chi connectivity index (χ1) is 7.25. The summed E-state index contributed by atoms with van der Waals surface area (Å²) in [4.78, 5) is 15.3. The van der Waals surface area contributed by atoms with E-state index in [-0.39, 0.29) is 12.0 Å². The number of carboxylic acid groups (broad SMARTS) is 1. The maximum Gasteiger partial charge on any atom is 0.512 e. The van der Waals surface area contributed by atoms with Crippen molar-refractivity contribution in [3.05, 3.63) is 35.9 Å². The first-order valence-corrected chi connectivity index (χ1v) is 4.44. The van der Waals surface area contributed by atoms with Gasteiger partial charge in [0.25, 0.3) is 0 Å². The largest absolute Gasteiger partial charge is 0.512 e. The van der Waals surface area contributed by atoms with Crippen molar-refractivity contribution >= 4 is 12.1 Å². The van der Waals surface area contributed by atoms with Gasteiger partial charge in [-0.25, -0.2) is 4.79 Å². The van der Waals surface area contributed by atoms with Crippen LogP contribution in [0.3, 0.4) is 0 Å². The Morgan fingerprint density at radius 2 is 2.20 bits per heavy atom. The zero-order valence-electron chi connectivity index (χ0n) is 7.79. The van der Waals surface area contributed by atoms with E-state index in [0.29, 0.717) is 6.42 Å². The fourth-order valence-corrected chi connectivity index (χ4v) is 1.36. The van der Waals surface area contributed by atoms with E-state index in [4.69, 9.17) is 9.94 Å². The van der Waals surface area contributed by atoms with Crippen LogP contribution in [-0.4, -0.2) is 17.2 Å². The zero-order valence-corrected chi connectivity index (χ0v) is 7.79. The van der Waals surface area contributed by atoms with Gasteiger partial charge in [0.2, 0.25) is 5.90 Å². The summed E-state index contributed by atoms with van der Waals surface area (Å²) in [5.74, 6) is 0.0938. The van der Waals surface area contributed by atoms with Crippen molar-refractivity contribution in [3.63, 3.8) is 0 Å². The molecule has 1 aromatic rings. The lowest BCUT2D eigenvalue weighted by molar-refractivity contribution is 0.0851. The van der Waals surface area contributed by atoms with Crippen molar-refractivity contribution in [1.82, 2.24) is 0 Å². The van der Waals surface area contributed by atoms with E-state index in [1.54, 1.807) is 0 Å². The first kappa shape index (κ1) is 9.51. The third-order valence-corrected chi connectivity index (χ3v) is 2.02. The minimum absolute atomic E-state index is 0.0938. The van der Waals surface area contributed by atoms with Crippen LogP contribution in [0, 0.1) is 0 Å². The van der Waals surface area contributed by atoms with Gasteiger partial charge in [-0.1, -0.05) is 35.5 Å². The maximum atomic E-state index is 10.2. The third-order valence-electron chi connectivity index (χ3n) is 2.02. The Morgan fingerprint density at radius 1 is 1.47 bits per heavy atom. The van der Waals surface area contributed by atoms with Gasteiger partial charge in [0.05, 0.1) is 6.42 Å². The molecule has 0 spiro atoms. The molecule has 0 aliphatic carbocycles. The third kappa shape index (κ3) is 2.25. The van der Waals surface area contributed by atoms with Crippen LogP contribution in [0.5, 0.6) is 0 Å². The highest BCUT2D eigenvalue weighted by Gasteiger charge is 2.25. The molecule has 5 nitrogen and oxygen atoms in total. The van der Waals surface area contributed by atoms with Gasteiger partial charge in [-0.2, -0.15) is 0 Å². The summed E-state index contributed by atoms with van der Waals surface area (Å²) in [5.41, 5.74) is 0.949. The molecule has 78 valence electrons. The number of hydrogen-bond donors (Lipinski definition) is 1. The van der Waals surface area contributed by atoms with Crippen LogP contribution in [0.15, 0.2) is 35.5 Å². The second-order valence-corrected chi connectivity index (χ2v) is 3.06. The summed E-state index contributed by atoms with van der Waals surface area (Å²) < 4.78 is 4.40. The summed E-state index contributed by atoms with van der Waals surface area (Å²) >= 11 is 0. The molecule has 1 atom stereocenters. The Balaban J connectivity index is 1.99. The van der Waals surface area contributed by atoms with Crippen LogP contribution < -0.4 is 0 Å². The van der Waals surface area contributed by atoms with Gasteiger partial charge in [0.15, 0.2) is 6.10 Å². The summed E-state index contributed by atoms with van der Waals surface area (Å²) in [7, 11) is 0. The highest BCUT2D eigenvalue weighted by Crippen LogP contribution is 2.27. The molecule has 5 heteroatoms. The number of ether oxygens (including phenoxy) is 1. The topological polar surface area (TPSA) is 68.1 Å². The molecule has 0 bridgehead atoms. The van der Waals surface area contributed by atoms with E-state index in [1.807, 2.05) is 30.3 Å². The monoisotopic (exact) mass is 207 g/mol. The lowest BCUT2D eigenvalue weighted by atomic mass is 10.1. The molecule has 15 heavy (non-hydrogen) atoms. The van der Waals surface area contributed by atoms with Crippen molar-refractivity contribution in [2.75, 3.05) is 0 Å². The molecule has 1 N–H and O–H groups in total. The van der Waals surface area contributed by atoms with E-state index in [2.05, 4.69) is 9.89 Å². The van der Waals surface area contributed by atoms with Gasteiger partial charge < -0.3 is 14.7 Å². The summed E-state index contributed by atoms with van der Waals surface area (Å²) in [6.45, 7) is 0. The first-order valence-electron chi connectivity index (χ1n) is 4.44. The average molecular weight is 207 g/mol. The van der Waals surface area contributed by atoms with Crippen LogP contribution >= 0.6 is 0 Å². The lowest BCUT2D eigenvalue weighted by Crippen LogP contribution is -2.08. The SMILES string of the molecule is O=C(O)OC1=NOC(c2ccccc2)C1. The quantitative estimate of drug-likeness (QED) is 0.716. The van der Waals surface area contributed by atoms with Crippen molar-refractivity contribution < 1.29 is 19.5 Å². The zero-order chi connectivity index (χ0) is 10.7. The molecule has 1 unspecified atom stereocenters. The van der Waals surface area contributed by atoms with Crippen molar-refractivity contribution in [2.45, 2.75) is 12.5 Å². The fourth-order valence-electron chi connectivity index (χ4n) is 1.36. The Kier molecular flexibility index (Phi) is 2.53. The van der Waals surface area contributed by atoms with Gasteiger partial charge in [-0.3, -0.25) is 0 Å². The maximum absolute atomic E-state index is 10.2. The minimum atomic E-state index is -1.37. The Labute approximate surface area is 85.9 Å². The number of carbonyl (C=O) groups is 1. The van der Waals surface area contributed by atoms with Gasteiger partial charge in [-0.05, 0) is 5.56 Å². The summed E-state index contributed by atoms with van der Waals surface area (Å²) in [5, 5.41) is 11.9. The molecule has 1 aromatic carbocycles. The van der Waals surface area contributed by atoms with E-state index in [9.17, 15) is 4.79 Å². The Bertz CT molecular complexity index is 388. The predicted molar refractivity (Wildman–Crippen MR) is 51.4 cm³/mol. The molecule has 0 saturated heterocycles. The lowest BCUT2D eigenvalue weighted by Gasteiger charge is -2.06. The second-order valence-electron chi connectivity index (χ2n) is 3.06. The molecular formula is C10H9NO4. The van der Waals surface area contributed by atoms with Gasteiger partial charge >= 0.3 is 6.16 Å². The van der Waals surface area contributed by atoms with Gasteiger partial charge in [0.1, 0.15) is 0 Å². The molecule has 1 aliphatic heterocycles. The highest BCUT2D eigenvalue weighted by molar-refractivity contribution is 5.86. The molecule has 0 aromatic heterocycles. The molecule has 0 saturated carbocycles. The number of hydrogen-bond acceptors (Lipinski definition) is 4.